The molecular formula is C15H28N2O2. The van der Waals surface area contributed by atoms with Gasteiger partial charge in [-0.05, 0) is 45.6 Å². The molecule has 0 spiro atoms. The van der Waals surface area contributed by atoms with Gasteiger partial charge in [0.2, 0.25) is 0 Å². The molecule has 0 aliphatic heterocycles. The Bertz CT molecular complexity index is 288. The molecule has 4 heteroatoms. The number of ether oxygens (including phenoxy) is 2. The number of hydrogen-bond donors (Lipinski definition) is 1. The molecule has 110 valence electrons. The summed E-state index contributed by atoms with van der Waals surface area (Å²) in [6.07, 6.45) is 4.47. The number of nitriles is 1. The van der Waals surface area contributed by atoms with Crippen molar-refractivity contribution < 1.29 is 9.47 Å². The van der Waals surface area contributed by atoms with Crippen molar-refractivity contribution in [1.29, 1.82) is 5.26 Å². The Morgan fingerprint density at radius 1 is 1.37 bits per heavy atom. The monoisotopic (exact) mass is 268 g/mol. The van der Waals surface area contributed by atoms with Crippen LogP contribution in [0.4, 0.5) is 0 Å². The fourth-order valence-corrected chi connectivity index (χ4v) is 2.87. The summed E-state index contributed by atoms with van der Waals surface area (Å²) < 4.78 is 11.0. The van der Waals surface area contributed by atoms with Gasteiger partial charge < -0.3 is 9.47 Å². The van der Waals surface area contributed by atoms with Crippen molar-refractivity contribution in [3.8, 4) is 6.07 Å². The summed E-state index contributed by atoms with van der Waals surface area (Å²) in [5.41, 5.74) is -0.313. The van der Waals surface area contributed by atoms with Gasteiger partial charge in [-0.3, -0.25) is 5.32 Å². The van der Waals surface area contributed by atoms with Crippen molar-refractivity contribution in [3.05, 3.63) is 0 Å². The van der Waals surface area contributed by atoms with Gasteiger partial charge in [0, 0.05) is 6.61 Å². The number of nitrogens with zero attached hydrogens (tertiary/aromatic N) is 1. The molecule has 0 aromatic rings. The Kier molecular flexibility index (Phi) is 7.37. The van der Waals surface area contributed by atoms with E-state index in [1.807, 2.05) is 13.8 Å². The highest BCUT2D eigenvalue weighted by atomic mass is 16.5. The zero-order valence-electron chi connectivity index (χ0n) is 12.6. The lowest BCUT2D eigenvalue weighted by molar-refractivity contribution is 0.0151. The van der Waals surface area contributed by atoms with Crippen molar-refractivity contribution in [2.75, 3.05) is 26.4 Å². The van der Waals surface area contributed by atoms with E-state index in [2.05, 4.69) is 18.3 Å². The highest BCUT2D eigenvalue weighted by molar-refractivity contribution is 5.13. The smallest absolute Gasteiger partial charge is 0.109 e. The second kappa shape index (κ2) is 8.52. The van der Waals surface area contributed by atoms with Gasteiger partial charge in [0.25, 0.3) is 0 Å². The maximum absolute atomic E-state index is 9.45. The van der Waals surface area contributed by atoms with Gasteiger partial charge in [-0.1, -0.05) is 13.3 Å². The van der Waals surface area contributed by atoms with Crippen molar-refractivity contribution >= 4 is 0 Å². The largest absolute Gasteiger partial charge is 0.379 e. The van der Waals surface area contributed by atoms with Crippen LogP contribution in [0, 0.1) is 17.2 Å². The molecule has 2 unspecified atom stereocenters. The van der Waals surface area contributed by atoms with Gasteiger partial charge in [-0.25, -0.2) is 0 Å². The van der Waals surface area contributed by atoms with Crippen molar-refractivity contribution in [1.82, 2.24) is 5.32 Å². The molecule has 1 rings (SSSR count). The Morgan fingerprint density at radius 2 is 2.16 bits per heavy atom. The van der Waals surface area contributed by atoms with E-state index in [4.69, 9.17) is 9.47 Å². The first-order chi connectivity index (χ1) is 9.14. The molecule has 0 amide bonds. The van der Waals surface area contributed by atoms with Crippen LogP contribution in [0.1, 0.15) is 46.5 Å². The first kappa shape index (κ1) is 16.4. The Hall–Kier alpha value is -0.630. The van der Waals surface area contributed by atoms with Crippen LogP contribution in [-0.4, -0.2) is 38.0 Å². The molecule has 0 saturated heterocycles. The molecule has 0 aromatic heterocycles. The van der Waals surface area contributed by atoms with Crippen LogP contribution >= 0.6 is 0 Å². The van der Waals surface area contributed by atoms with Gasteiger partial charge >= 0.3 is 0 Å². The summed E-state index contributed by atoms with van der Waals surface area (Å²) >= 11 is 0. The summed E-state index contributed by atoms with van der Waals surface area (Å²) in [6, 6.07) is 2.50. The molecule has 2 atom stereocenters. The topological polar surface area (TPSA) is 54.3 Å². The maximum Gasteiger partial charge on any atom is 0.109 e. The van der Waals surface area contributed by atoms with E-state index < -0.39 is 0 Å². The molecule has 0 heterocycles. The molecule has 0 aromatic carbocycles. The minimum atomic E-state index is -0.313. The molecule has 4 nitrogen and oxygen atoms in total. The SMILES string of the molecule is CCNC1(C#N)CCCC1CCOCCOC(C)C. The Balaban J connectivity index is 2.23. The second-order valence-electron chi connectivity index (χ2n) is 5.52. The Morgan fingerprint density at radius 3 is 2.79 bits per heavy atom. The van der Waals surface area contributed by atoms with Gasteiger partial charge in [-0.2, -0.15) is 5.26 Å². The predicted octanol–water partition coefficient (Wildman–Crippen LogP) is 2.49. The first-order valence-corrected chi connectivity index (χ1v) is 7.50. The quantitative estimate of drug-likeness (QED) is 0.653. The van der Waals surface area contributed by atoms with Gasteiger partial charge in [0.05, 0.1) is 25.4 Å². The summed E-state index contributed by atoms with van der Waals surface area (Å²) in [7, 11) is 0. The molecule has 1 aliphatic carbocycles. The lowest BCUT2D eigenvalue weighted by Crippen LogP contribution is -2.47. The van der Waals surface area contributed by atoms with Crippen LogP contribution in [-0.2, 0) is 9.47 Å². The zero-order valence-corrected chi connectivity index (χ0v) is 12.6. The zero-order chi connectivity index (χ0) is 14.1. The average molecular weight is 268 g/mol. The van der Waals surface area contributed by atoms with Gasteiger partial charge in [0.1, 0.15) is 5.54 Å². The Labute approximate surface area is 117 Å². The minimum Gasteiger partial charge on any atom is -0.379 e. The van der Waals surface area contributed by atoms with E-state index in [9.17, 15) is 5.26 Å². The minimum absolute atomic E-state index is 0.262. The van der Waals surface area contributed by atoms with Gasteiger partial charge in [0.15, 0.2) is 0 Å². The van der Waals surface area contributed by atoms with E-state index in [0.717, 1.165) is 38.8 Å². The summed E-state index contributed by atoms with van der Waals surface area (Å²) in [4.78, 5) is 0. The third-order valence-corrected chi connectivity index (χ3v) is 3.80. The molecule has 0 radical (unpaired) electrons. The van der Waals surface area contributed by atoms with Crippen molar-refractivity contribution in [2.45, 2.75) is 58.1 Å². The van der Waals surface area contributed by atoms with E-state index in [1.165, 1.54) is 0 Å². The van der Waals surface area contributed by atoms with Crippen LogP contribution < -0.4 is 5.32 Å². The number of hydrogen-bond acceptors (Lipinski definition) is 4. The lowest BCUT2D eigenvalue weighted by Gasteiger charge is -2.29. The number of rotatable bonds is 9. The normalized spacial score (nSPS) is 26.8. The standard InChI is InChI=1S/C15H28N2O2/c1-4-17-15(12-16)8-5-6-14(15)7-9-18-10-11-19-13(2)3/h13-14,17H,4-11H2,1-3H3. The first-order valence-electron chi connectivity index (χ1n) is 7.50. The lowest BCUT2D eigenvalue weighted by atomic mass is 9.86. The highest BCUT2D eigenvalue weighted by Gasteiger charge is 2.42. The molecule has 1 fully saturated rings. The third-order valence-electron chi connectivity index (χ3n) is 3.80. The highest BCUT2D eigenvalue weighted by Crippen LogP contribution is 2.37. The van der Waals surface area contributed by atoms with Gasteiger partial charge in [-0.15, -0.1) is 0 Å². The molecule has 1 N–H and O–H groups in total. The molecular weight excluding hydrogens is 240 g/mol. The number of nitrogens with one attached hydrogen (secondary N) is 1. The van der Waals surface area contributed by atoms with E-state index in [-0.39, 0.29) is 11.6 Å². The summed E-state index contributed by atoms with van der Waals surface area (Å²) in [6.45, 7) is 8.99. The summed E-state index contributed by atoms with van der Waals surface area (Å²) in [5, 5.41) is 12.8. The van der Waals surface area contributed by atoms with E-state index >= 15 is 0 Å². The molecule has 1 saturated carbocycles. The fraction of sp³-hybridized carbons (Fsp3) is 0.933. The van der Waals surface area contributed by atoms with E-state index in [1.54, 1.807) is 0 Å². The molecule has 1 aliphatic rings. The average Bonchev–Trinajstić information content (AvgIpc) is 2.77. The maximum atomic E-state index is 9.45. The predicted molar refractivity (Wildman–Crippen MR) is 75.9 cm³/mol. The van der Waals surface area contributed by atoms with Crippen molar-refractivity contribution in [3.63, 3.8) is 0 Å². The summed E-state index contributed by atoms with van der Waals surface area (Å²) in [5.74, 6) is 0.420. The van der Waals surface area contributed by atoms with Crippen LogP contribution in [0.2, 0.25) is 0 Å². The third kappa shape index (κ3) is 5.10. The second-order valence-corrected chi connectivity index (χ2v) is 5.52. The van der Waals surface area contributed by atoms with Crippen LogP contribution in [0.15, 0.2) is 0 Å². The fourth-order valence-electron chi connectivity index (χ4n) is 2.87. The van der Waals surface area contributed by atoms with Crippen LogP contribution in [0.25, 0.3) is 0 Å². The van der Waals surface area contributed by atoms with Crippen LogP contribution in [0.3, 0.4) is 0 Å². The molecule has 0 bridgehead atoms. The van der Waals surface area contributed by atoms with Crippen molar-refractivity contribution in [2.24, 2.45) is 5.92 Å². The molecule has 19 heavy (non-hydrogen) atoms. The van der Waals surface area contributed by atoms with Crippen LogP contribution in [0.5, 0.6) is 0 Å². The van der Waals surface area contributed by atoms with E-state index in [0.29, 0.717) is 19.1 Å².